The summed E-state index contributed by atoms with van der Waals surface area (Å²) in [6, 6.07) is 6.12. The molecule has 17 heavy (non-hydrogen) atoms. The summed E-state index contributed by atoms with van der Waals surface area (Å²) >= 11 is 0. The predicted molar refractivity (Wildman–Crippen MR) is 62.4 cm³/mol. The van der Waals surface area contributed by atoms with Crippen LogP contribution in [0.15, 0.2) is 18.2 Å². The molecule has 2 atom stereocenters. The summed E-state index contributed by atoms with van der Waals surface area (Å²) in [5.41, 5.74) is 3.22. The maximum atomic E-state index is 8.83. The van der Waals surface area contributed by atoms with E-state index in [-0.39, 0.29) is 19.2 Å². The molecule has 0 aliphatic carbocycles. The van der Waals surface area contributed by atoms with E-state index in [9.17, 15) is 0 Å². The number of ether oxygens (including phenoxy) is 3. The second-order valence-corrected chi connectivity index (χ2v) is 4.06. The van der Waals surface area contributed by atoms with Crippen LogP contribution in [0.4, 0.5) is 0 Å². The van der Waals surface area contributed by atoms with Gasteiger partial charge in [-0.3, -0.25) is 0 Å². The van der Waals surface area contributed by atoms with E-state index >= 15 is 0 Å². The summed E-state index contributed by atoms with van der Waals surface area (Å²) in [6.45, 7) is 0.210. The standard InChI is InChI=1S/C13H18O4/c1-15-12-10-6-5-9(4-3-7-14)8-11(10)13(16-2)17-12/h5-6,8,12-14H,3-4,7H2,1-2H3. The van der Waals surface area contributed by atoms with Crippen LogP contribution in [0.5, 0.6) is 0 Å². The molecule has 1 aromatic carbocycles. The highest BCUT2D eigenvalue weighted by atomic mass is 16.8. The van der Waals surface area contributed by atoms with Crippen LogP contribution < -0.4 is 0 Å². The number of aryl methyl sites for hydroxylation is 1. The maximum absolute atomic E-state index is 8.83. The number of hydrogen-bond donors (Lipinski definition) is 1. The van der Waals surface area contributed by atoms with Crippen molar-refractivity contribution in [1.82, 2.24) is 0 Å². The van der Waals surface area contributed by atoms with Gasteiger partial charge in [-0.1, -0.05) is 18.2 Å². The van der Waals surface area contributed by atoms with Crippen LogP contribution >= 0.6 is 0 Å². The van der Waals surface area contributed by atoms with Gasteiger partial charge in [-0.05, 0) is 18.4 Å². The van der Waals surface area contributed by atoms with E-state index in [1.54, 1.807) is 14.2 Å². The Morgan fingerprint density at radius 3 is 2.53 bits per heavy atom. The third kappa shape index (κ3) is 2.50. The van der Waals surface area contributed by atoms with Crippen LogP contribution in [0.2, 0.25) is 0 Å². The van der Waals surface area contributed by atoms with Crippen molar-refractivity contribution in [3.8, 4) is 0 Å². The van der Waals surface area contributed by atoms with E-state index in [0.717, 1.165) is 24.0 Å². The molecule has 0 bridgehead atoms. The lowest BCUT2D eigenvalue weighted by Crippen LogP contribution is -2.01. The van der Waals surface area contributed by atoms with Gasteiger partial charge in [0.2, 0.25) is 0 Å². The first kappa shape index (κ1) is 12.5. The highest BCUT2D eigenvalue weighted by Crippen LogP contribution is 2.40. The number of aliphatic hydroxyl groups excluding tert-OH is 1. The zero-order valence-electron chi connectivity index (χ0n) is 10.2. The van der Waals surface area contributed by atoms with E-state index in [0.29, 0.717) is 0 Å². The van der Waals surface area contributed by atoms with Crippen molar-refractivity contribution in [1.29, 1.82) is 0 Å². The number of aliphatic hydroxyl groups is 1. The van der Waals surface area contributed by atoms with Crippen LogP contribution in [0, 0.1) is 0 Å². The van der Waals surface area contributed by atoms with Gasteiger partial charge in [-0.25, -0.2) is 0 Å². The fraction of sp³-hybridized carbons (Fsp3) is 0.538. The molecule has 0 amide bonds. The molecule has 0 aromatic heterocycles. The summed E-state index contributed by atoms with van der Waals surface area (Å²) in [5.74, 6) is 0. The fourth-order valence-corrected chi connectivity index (χ4v) is 2.11. The maximum Gasteiger partial charge on any atom is 0.187 e. The van der Waals surface area contributed by atoms with Crippen LogP contribution in [-0.4, -0.2) is 25.9 Å². The molecule has 0 fully saturated rings. The Balaban J connectivity index is 2.24. The highest BCUT2D eigenvalue weighted by molar-refractivity contribution is 5.36. The first-order chi connectivity index (χ1) is 8.30. The first-order valence-corrected chi connectivity index (χ1v) is 5.74. The van der Waals surface area contributed by atoms with Gasteiger partial charge in [-0.15, -0.1) is 0 Å². The first-order valence-electron chi connectivity index (χ1n) is 5.74. The van der Waals surface area contributed by atoms with Gasteiger partial charge in [-0.2, -0.15) is 0 Å². The van der Waals surface area contributed by atoms with Gasteiger partial charge in [0, 0.05) is 32.0 Å². The predicted octanol–water partition coefficient (Wildman–Crippen LogP) is 1.93. The van der Waals surface area contributed by atoms with Gasteiger partial charge < -0.3 is 19.3 Å². The Hall–Kier alpha value is -0.940. The number of hydrogen-bond acceptors (Lipinski definition) is 4. The molecule has 0 spiro atoms. The number of fused-ring (bicyclic) bond motifs is 1. The molecule has 1 N–H and O–H groups in total. The van der Waals surface area contributed by atoms with Crippen LogP contribution in [-0.2, 0) is 20.6 Å². The molecule has 2 unspecified atom stereocenters. The zero-order valence-corrected chi connectivity index (χ0v) is 10.2. The average molecular weight is 238 g/mol. The molecule has 0 saturated heterocycles. The van der Waals surface area contributed by atoms with Crippen molar-refractivity contribution in [2.24, 2.45) is 0 Å². The summed E-state index contributed by atoms with van der Waals surface area (Å²) in [5, 5.41) is 8.83. The Kier molecular flexibility index (Phi) is 4.12. The topological polar surface area (TPSA) is 47.9 Å². The number of benzene rings is 1. The molecule has 1 heterocycles. The third-order valence-electron chi connectivity index (χ3n) is 2.96. The molecule has 4 nitrogen and oxygen atoms in total. The summed E-state index contributed by atoms with van der Waals surface area (Å²) in [6.07, 6.45) is 0.925. The molecule has 0 saturated carbocycles. The van der Waals surface area contributed by atoms with E-state index in [2.05, 4.69) is 6.07 Å². The van der Waals surface area contributed by atoms with Crippen molar-refractivity contribution in [3.63, 3.8) is 0 Å². The van der Waals surface area contributed by atoms with Gasteiger partial charge in [0.1, 0.15) is 0 Å². The molecule has 1 aromatic rings. The quantitative estimate of drug-likeness (QED) is 0.851. The fourth-order valence-electron chi connectivity index (χ4n) is 2.11. The number of methoxy groups -OCH3 is 2. The van der Waals surface area contributed by atoms with Crippen molar-refractivity contribution >= 4 is 0 Å². The van der Waals surface area contributed by atoms with Crippen LogP contribution in [0.25, 0.3) is 0 Å². The van der Waals surface area contributed by atoms with Crippen LogP contribution in [0.1, 0.15) is 35.7 Å². The van der Waals surface area contributed by atoms with Gasteiger partial charge in [0.25, 0.3) is 0 Å². The molecular weight excluding hydrogens is 220 g/mol. The lowest BCUT2D eigenvalue weighted by Gasteiger charge is -2.10. The third-order valence-corrected chi connectivity index (χ3v) is 2.96. The average Bonchev–Trinajstić information content (AvgIpc) is 2.73. The van der Waals surface area contributed by atoms with Gasteiger partial charge in [0.05, 0.1) is 0 Å². The lowest BCUT2D eigenvalue weighted by atomic mass is 10.0. The van der Waals surface area contributed by atoms with Gasteiger partial charge in [0.15, 0.2) is 12.6 Å². The monoisotopic (exact) mass is 238 g/mol. The van der Waals surface area contributed by atoms with Crippen molar-refractivity contribution in [3.05, 3.63) is 34.9 Å². The van der Waals surface area contributed by atoms with Crippen LogP contribution in [0.3, 0.4) is 0 Å². The number of rotatable bonds is 5. The summed E-state index contributed by atoms with van der Waals surface area (Å²) in [4.78, 5) is 0. The Morgan fingerprint density at radius 1 is 1.18 bits per heavy atom. The Bertz CT molecular complexity index is 378. The molecule has 1 aliphatic heterocycles. The SMILES string of the molecule is COC1OC(OC)c2cc(CCCO)ccc21. The lowest BCUT2D eigenvalue weighted by molar-refractivity contribution is -0.217. The Labute approximate surface area is 101 Å². The largest absolute Gasteiger partial charge is 0.396 e. The molecule has 94 valence electrons. The van der Waals surface area contributed by atoms with Crippen molar-refractivity contribution in [2.75, 3.05) is 20.8 Å². The molecule has 0 radical (unpaired) electrons. The van der Waals surface area contributed by atoms with E-state index in [1.807, 2.05) is 12.1 Å². The Morgan fingerprint density at radius 2 is 1.88 bits per heavy atom. The smallest absolute Gasteiger partial charge is 0.187 e. The minimum atomic E-state index is -0.357. The van der Waals surface area contributed by atoms with E-state index < -0.39 is 0 Å². The van der Waals surface area contributed by atoms with Crippen molar-refractivity contribution < 1.29 is 19.3 Å². The minimum Gasteiger partial charge on any atom is -0.396 e. The normalized spacial score (nSPS) is 22.8. The van der Waals surface area contributed by atoms with Crippen molar-refractivity contribution in [2.45, 2.75) is 25.4 Å². The molecule has 2 rings (SSSR count). The minimum absolute atomic E-state index is 0.210. The summed E-state index contributed by atoms with van der Waals surface area (Å²) in [7, 11) is 3.24. The van der Waals surface area contributed by atoms with Gasteiger partial charge >= 0.3 is 0 Å². The second-order valence-electron chi connectivity index (χ2n) is 4.06. The molecule has 1 aliphatic rings. The van der Waals surface area contributed by atoms with E-state index in [1.165, 1.54) is 5.56 Å². The van der Waals surface area contributed by atoms with E-state index in [4.69, 9.17) is 19.3 Å². The zero-order chi connectivity index (χ0) is 12.3. The second kappa shape index (κ2) is 5.60. The molecule has 4 heteroatoms. The highest BCUT2D eigenvalue weighted by Gasteiger charge is 2.31. The summed E-state index contributed by atoms with van der Waals surface area (Å²) < 4.78 is 16.1. The molecular formula is C13H18O4.